The number of benzene rings is 1. The summed E-state index contributed by atoms with van der Waals surface area (Å²) in [7, 11) is 0. The average Bonchev–Trinajstić information content (AvgIpc) is 2.73. The summed E-state index contributed by atoms with van der Waals surface area (Å²) in [6.07, 6.45) is 1.73. The van der Waals surface area contributed by atoms with Gasteiger partial charge in [0.15, 0.2) is 0 Å². The molecule has 0 spiro atoms. The van der Waals surface area contributed by atoms with Gasteiger partial charge in [0.2, 0.25) is 11.9 Å². The number of hydrogen-bond donors (Lipinski definition) is 5. The standard InChI is InChI=1S/C9H12N8/c10-8(11)16-17-9(12)14-6-2-1-5-4-13-15-7(5)3-6/h1-4H,(H,13,15)(H4,10,11,16)(H3,12,14,17). The van der Waals surface area contributed by atoms with E-state index in [1.807, 2.05) is 18.2 Å². The smallest absolute Gasteiger partial charge is 0.214 e. The van der Waals surface area contributed by atoms with Gasteiger partial charge in [0.1, 0.15) is 0 Å². The van der Waals surface area contributed by atoms with Crippen LogP contribution in [0, 0.1) is 0 Å². The fourth-order valence-corrected chi connectivity index (χ4v) is 1.28. The van der Waals surface area contributed by atoms with E-state index in [9.17, 15) is 0 Å². The van der Waals surface area contributed by atoms with Crippen molar-refractivity contribution in [1.29, 1.82) is 0 Å². The number of nitrogens with zero attached hydrogens (tertiary/aromatic N) is 3. The first-order chi connectivity index (χ1) is 8.15. The van der Waals surface area contributed by atoms with Crippen molar-refractivity contribution in [1.82, 2.24) is 15.6 Å². The van der Waals surface area contributed by atoms with Crippen LogP contribution in [0.2, 0.25) is 0 Å². The number of nitrogens with one attached hydrogen (secondary N) is 2. The van der Waals surface area contributed by atoms with E-state index in [0.29, 0.717) is 5.69 Å². The predicted molar refractivity (Wildman–Crippen MR) is 66.3 cm³/mol. The predicted octanol–water partition coefficient (Wildman–Crippen LogP) is -0.713. The first-order valence-electron chi connectivity index (χ1n) is 4.77. The quantitative estimate of drug-likeness (QED) is 0.264. The number of hydrogen-bond acceptors (Lipinski definition) is 3. The molecule has 2 aromatic rings. The Bertz CT molecular complexity index is 577. The number of hydrazone groups is 1. The Balaban J connectivity index is 2.21. The Labute approximate surface area is 96.6 Å². The Morgan fingerprint density at radius 1 is 1.29 bits per heavy atom. The molecule has 0 unspecified atom stereocenters. The molecule has 0 aliphatic carbocycles. The van der Waals surface area contributed by atoms with E-state index in [0.717, 1.165) is 10.9 Å². The third-order valence-corrected chi connectivity index (χ3v) is 1.97. The van der Waals surface area contributed by atoms with Crippen LogP contribution >= 0.6 is 0 Å². The van der Waals surface area contributed by atoms with Crippen LogP contribution in [0.25, 0.3) is 10.9 Å². The van der Waals surface area contributed by atoms with E-state index < -0.39 is 0 Å². The van der Waals surface area contributed by atoms with Crippen molar-refractivity contribution in [2.24, 2.45) is 27.3 Å². The van der Waals surface area contributed by atoms with E-state index in [1.54, 1.807) is 6.20 Å². The van der Waals surface area contributed by atoms with Gasteiger partial charge >= 0.3 is 0 Å². The minimum atomic E-state index is -0.118. The summed E-state index contributed by atoms with van der Waals surface area (Å²) in [5.74, 6) is -0.0237. The Hall–Kier alpha value is -2.77. The second-order valence-electron chi connectivity index (χ2n) is 3.29. The van der Waals surface area contributed by atoms with Crippen LogP contribution in [0.15, 0.2) is 34.5 Å². The SMILES string of the molecule is NC(N)=NNC(N)=Nc1ccc2cn[nH]c2c1. The van der Waals surface area contributed by atoms with Crippen LogP contribution in [0.4, 0.5) is 5.69 Å². The van der Waals surface area contributed by atoms with Crippen molar-refractivity contribution in [3.63, 3.8) is 0 Å². The van der Waals surface area contributed by atoms with Crippen LogP contribution in [-0.2, 0) is 0 Å². The molecule has 1 aromatic heterocycles. The van der Waals surface area contributed by atoms with Crippen molar-refractivity contribution >= 4 is 28.5 Å². The average molecular weight is 232 g/mol. The Morgan fingerprint density at radius 2 is 2.12 bits per heavy atom. The molecule has 8 heteroatoms. The second-order valence-corrected chi connectivity index (χ2v) is 3.29. The van der Waals surface area contributed by atoms with Gasteiger partial charge in [-0.25, -0.2) is 10.4 Å². The van der Waals surface area contributed by atoms with Crippen LogP contribution < -0.4 is 22.6 Å². The van der Waals surface area contributed by atoms with E-state index in [-0.39, 0.29) is 11.9 Å². The summed E-state index contributed by atoms with van der Waals surface area (Å²) in [5.41, 5.74) is 19.8. The van der Waals surface area contributed by atoms with Crippen molar-refractivity contribution < 1.29 is 0 Å². The Morgan fingerprint density at radius 3 is 2.88 bits per heavy atom. The van der Waals surface area contributed by atoms with E-state index in [4.69, 9.17) is 17.2 Å². The minimum absolute atomic E-state index is 0.0947. The summed E-state index contributed by atoms with van der Waals surface area (Å²) in [6.45, 7) is 0. The van der Waals surface area contributed by atoms with E-state index in [1.165, 1.54) is 0 Å². The summed E-state index contributed by atoms with van der Waals surface area (Å²) >= 11 is 0. The lowest BCUT2D eigenvalue weighted by molar-refractivity contribution is 0.994. The van der Waals surface area contributed by atoms with Crippen molar-refractivity contribution in [2.45, 2.75) is 0 Å². The van der Waals surface area contributed by atoms with Gasteiger partial charge in [-0.05, 0) is 18.2 Å². The highest BCUT2D eigenvalue weighted by molar-refractivity contribution is 5.86. The third kappa shape index (κ3) is 2.62. The highest BCUT2D eigenvalue weighted by Crippen LogP contribution is 2.18. The molecule has 0 fully saturated rings. The lowest BCUT2D eigenvalue weighted by Gasteiger charge is -1.99. The fourth-order valence-electron chi connectivity index (χ4n) is 1.28. The highest BCUT2D eigenvalue weighted by atomic mass is 15.4. The van der Waals surface area contributed by atoms with Gasteiger partial charge in [0, 0.05) is 5.39 Å². The molecule has 0 radical (unpaired) electrons. The first-order valence-corrected chi connectivity index (χ1v) is 4.77. The van der Waals surface area contributed by atoms with Crippen molar-refractivity contribution in [3.8, 4) is 0 Å². The zero-order valence-electron chi connectivity index (χ0n) is 8.88. The van der Waals surface area contributed by atoms with Crippen LogP contribution in [0.5, 0.6) is 0 Å². The minimum Gasteiger partial charge on any atom is -0.369 e. The monoisotopic (exact) mass is 232 g/mol. The molecule has 2 rings (SSSR count). The summed E-state index contributed by atoms with van der Waals surface area (Å²) in [4.78, 5) is 4.08. The van der Waals surface area contributed by atoms with Gasteiger partial charge in [0.05, 0.1) is 17.4 Å². The largest absolute Gasteiger partial charge is 0.369 e. The molecule has 1 aromatic carbocycles. The number of nitrogens with two attached hydrogens (primary N) is 3. The van der Waals surface area contributed by atoms with Crippen molar-refractivity contribution in [2.75, 3.05) is 0 Å². The normalized spacial score (nSPS) is 11.4. The summed E-state index contributed by atoms with van der Waals surface area (Å²) in [5, 5.41) is 11.3. The topological polar surface area (TPSA) is 143 Å². The number of aromatic amines is 1. The number of aromatic nitrogens is 2. The molecule has 0 aliphatic rings. The molecule has 0 atom stereocenters. The summed E-state index contributed by atoms with van der Waals surface area (Å²) in [6, 6.07) is 5.50. The molecule has 0 aliphatic heterocycles. The number of guanidine groups is 2. The van der Waals surface area contributed by atoms with Gasteiger partial charge in [-0.3, -0.25) is 5.10 Å². The van der Waals surface area contributed by atoms with Gasteiger partial charge in [-0.2, -0.15) is 5.10 Å². The van der Waals surface area contributed by atoms with Crippen LogP contribution in [0.1, 0.15) is 0 Å². The van der Waals surface area contributed by atoms with E-state index >= 15 is 0 Å². The molecule has 0 bridgehead atoms. The first kappa shape index (κ1) is 10.7. The Kier molecular flexibility index (Phi) is 2.77. The molecule has 0 amide bonds. The molecule has 0 saturated heterocycles. The molecule has 1 heterocycles. The van der Waals surface area contributed by atoms with E-state index in [2.05, 4.69) is 25.7 Å². The molecular formula is C9H12N8. The maximum Gasteiger partial charge on any atom is 0.214 e. The van der Waals surface area contributed by atoms with Gasteiger partial charge in [-0.1, -0.05) is 0 Å². The lowest BCUT2D eigenvalue weighted by atomic mass is 10.2. The highest BCUT2D eigenvalue weighted by Gasteiger charge is 1.97. The fraction of sp³-hybridized carbons (Fsp3) is 0. The zero-order chi connectivity index (χ0) is 12.3. The maximum absolute atomic E-state index is 5.57. The van der Waals surface area contributed by atoms with Gasteiger partial charge < -0.3 is 17.2 Å². The molecule has 8 N–H and O–H groups in total. The van der Waals surface area contributed by atoms with Crippen molar-refractivity contribution in [3.05, 3.63) is 24.4 Å². The maximum atomic E-state index is 5.57. The summed E-state index contributed by atoms with van der Waals surface area (Å²) < 4.78 is 0. The number of aliphatic imine (C=N–C) groups is 1. The van der Waals surface area contributed by atoms with Gasteiger partial charge in [-0.15, -0.1) is 5.10 Å². The number of H-pyrrole nitrogens is 1. The molecule has 8 nitrogen and oxygen atoms in total. The lowest BCUT2D eigenvalue weighted by Crippen LogP contribution is -2.32. The molecule has 17 heavy (non-hydrogen) atoms. The molecular weight excluding hydrogens is 220 g/mol. The molecule has 88 valence electrons. The van der Waals surface area contributed by atoms with Crippen LogP contribution in [0.3, 0.4) is 0 Å². The van der Waals surface area contributed by atoms with Crippen LogP contribution in [-0.4, -0.2) is 22.1 Å². The number of rotatable bonds is 2. The third-order valence-electron chi connectivity index (χ3n) is 1.97. The zero-order valence-corrected chi connectivity index (χ0v) is 8.88. The number of fused-ring (bicyclic) bond motifs is 1. The van der Waals surface area contributed by atoms with Gasteiger partial charge in [0.25, 0.3) is 0 Å². The molecule has 0 saturated carbocycles. The second kappa shape index (κ2) is 4.39.